The number of aryl methyl sites for hydroxylation is 1. The number of nitrogens with one attached hydrogen (secondary N) is 2. The summed E-state index contributed by atoms with van der Waals surface area (Å²) in [4.78, 5) is 50.7. The standard InChI is InChI=1S/C47H64BBrF2N6O9S/c1-13-56-33-19-18-28(48-65-46(8,9)47(10,11)66-48)22-30(33)31(38(56)29-16-14-20-52-36(29)27(2)61-12)23-45(6,7)26-63-42(59)32-17-15-21-57(55-32)41(58)37(54-43(60)64-44(3,4)5)39(62-24-35(50)51)40-53-34(49)25-67-40/h14,16,18-20,22,25,27,32,35,37,39,55H,13,15,17,21,23-24,26H2,1-12H3,(H,54,60)/t27-,32-,37-,39-/m0/s1. The molecule has 0 aliphatic carbocycles. The first-order valence-electron chi connectivity index (χ1n) is 22.6. The molecule has 0 bridgehead atoms. The minimum atomic E-state index is -2.87. The summed E-state index contributed by atoms with van der Waals surface area (Å²) >= 11 is 4.33. The molecule has 366 valence electrons. The van der Waals surface area contributed by atoms with Crippen molar-refractivity contribution in [2.75, 3.05) is 26.9 Å². The van der Waals surface area contributed by atoms with Crippen LogP contribution in [-0.4, -0.2) is 107 Å². The van der Waals surface area contributed by atoms with E-state index >= 15 is 0 Å². The van der Waals surface area contributed by atoms with E-state index in [4.69, 9.17) is 33.2 Å². The van der Waals surface area contributed by atoms with E-state index in [0.29, 0.717) is 30.4 Å². The number of hydrazine groups is 1. The molecule has 3 aromatic heterocycles. The minimum Gasteiger partial charge on any atom is -0.464 e. The number of carbonyl (C=O) groups excluding carboxylic acids is 3. The number of halogens is 3. The van der Waals surface area contributed by atoms with Crippen molar-refractivity contribution in [3.63, 3.8) is 0 Å². The summed E-state index contributed by atoms with van der Waals surface area (Å²) in [5, 5.41) is 6.50. The molecule has 0 spiro atoms. The number of methoxy groups -OCH3 is 1. The van der Waals surface area contributed by atoms with Crippen molar-refractivity contribution in [3.05, 3.63) is 62.8 Å². The first kappa shape index (κ1) is 52.3. The zero-order valence-corrected chi connectivity index (χ0v) is 42.9. The molecule has 2 aliphatic heterocycles. The number of hydrogen-bond donors (Lipinski definition) is 2. The number of benzene rings is 1. The van der Waals surface area contributed by atoms with Crippen LogP contribution in [0.4, 0.5) is 13.6 Å². The molecule has 2 N–H and O–H groups in total. The minimum absolute atomic E-state index is 0.0206. The highest BCUT2D eigenvalue weighted by Crippen LogP contribution is 2.42. The van der Waals surface area contributed by atoms with Gasteiger partial charge < -0.3 is 38.1 Å². The molecule has 4 atom stereocenters. The van der Waals surface area contributed by atoms with Crippen LogP contribution in [0.25, 0.3) is 22.2 Å². The van der Waals surface area contributed by atoms with Crippen LogP contribution < -0.4 is 16.2 Å². The van der Waals surface area contributed by atoms with E-state index in [0.717, 1.165) is 50.2 Å². The molecule has 1 aromatic carbocycles. The van der Waals surface area contributed by atoms with Gasteiger partial charge in [0.05, 0.1) is 35.3 Å². The number of carbonyl (C=O) groups is 3. The lowest BCUT2D eigenvalue weighted by Crippen LogP contribution is -2.61. The molecule has 67 heavy (non-hydrogen) atoms. The molecule has 0 unspecified atom stereocenters. The van der Waals surface area contributed by atoms with Crippen LogP contribution in [0, 0.1) is 5.41 Å². The Morgan fingerprint density at radius 2 is 1.81 bits per heavy atom. The zero-order valence-electron chi connectivity index (χ0n) is 40.5. The second-order valence-electron chi connectivity index (χ2n) is 19.8. The molecule has 5 heterocycles. The number of alkyl carbamates (subject to hydrolysis) is 1. The lowest BCUT2D eigenvalue weighted by Gasteiger charge is -2.37. The van der Waals surface area contributed by atoms with Crippen LogP contribution in [0.1, 0.15) is 117 Å². The maximum atomic E-state index is 14.4. The van der Waals surface area contributed by atoms with E-state index in [-0.39, 0.29) is 24.3 Å². The number of fused-ring (bicyclic) bond motifs is 1. The first-order chi connectivity index (χ1) is 31.3. The van der Waals surface area contributed by atoms with Gasteiger partial charge in [0.1, 0.15) is 40.0 Å². The van der Waals surface area contributed by atoms with Crippen molar-refractivity contribution in [2.45, 2.75) is 149 Å². The molecule has 2 aliphatic rings. The fourth-order valence-corrected chi connectivity index (χ4v) is 9.55. The summed E-state index contributed by atoms with van der Waals surface area (Å²) in [6.45, 7) is 21.0. The zero-order chi connectivity index (χ0) is 49.2. The molecule has 0 radical (unpaired) electrons. The Labute approximate surface area is 404 Å². The van der Waals surface area contributed by atoms with Crippen LogP contribution in [0.15, 0.2) is 46.5 Å². The SMILES string of the molecule is CCn1c(-c2cccnc2[C@H](C)OC)c(CC(C)(C)COC(=O)[C@@H]2CCCN(C(=O)[C@@H](NC(=O)OC(C)(C)C)[C@H](OCC(F)F)c3nc(Br)cs3)N2)c2cc(B3OC(C)(C)C(C)(C)O3)ccc21. The lowest BCUT2D eigenvalue weighted by atomic mass is 9.77. The van der Waals surface area contributed by atoms with Crippen molar-refractivity contribution >= 4 is 68.7 Å². The lowest BCUT2D eigenvalue weighted by molar-refractivity contribution is -0.156. The average molecular weight is 1020 g/mol. The second kappa shape index (κ2) is 20.9. The maximum Gasteiger partial charge on any atom is 0.494 e. The highest BCUT2D eigenvalue weighted by Gasteiger charge is 2.52. The van der Waals surface area contributed by atoms with Gasteiger partial charge in [-0.25, -0.2) is 24.0 Å². The van der Waals surface area contributed by atoms with E-state index in [9.17, 15) is 23.2 Å². The molecular weight excluding hydrogens is 953 g/mol. The molecule has 0 saturated carbocycles. The van der Waals surface area contributed by atoms with Gasteiger partial charge in [0, 0.05) is 53.7 Å². The Morgan fingerprint density at radius 3 is 2.42 bits per heavy atom. The van der Waals surface area contributed by atoms with Gasteiger partial charge in [-0.3, -0.25) is 19.6 Å². The number of aromatic nitrogens is 3. The summed E-state index contributed by atoms with van der Waals surface area (Å²) < 4.78 is 65.7. The van der Waals surface area contributed by atoms with E-state index in [2.05, 4.69) is 67.4 Å². The number of pyridine rings is 1. The molecule has 20 heteroatoms. The van der Waals surface area contributed by atoms with Crippen molar-refractivity contribution in [1.82, 2.24) is 30.3 Å². The van der Waals surface area contributed by atoms with Gasteiger partial charge in [0.25, 0.3) is 12.3 Å². The third-order valence-electron chi connectivity index (χ3n) is 12.2. The van der Waals surface area contributed by atoms with E-state index in [1.807, 2.05) is 54.5 Å². The number of alkyl halides is 2. The molecule has 2 amide bonds. The summed E-state index contributed by atoms with van der Waals surface area (Å²) in [6.07, 6.45) is -2.58. The normalized spacial score (nSPS) is 18.8. The predicted molar refractivity (Wildman–Crippen MR) is 256 cm³/mol. The van der Waals surface area contributed by atoms with Gasteiger partial charge in [-0.2, -0.15) is 0 Å². The van der Waals surface area contributed by atoms with Gasteiger partial charge in [-0.05, 0) is 127 Å². The Kier molecular flexibility index (Phi) is 16.3. The quantitative estimate of drug-likeness (QED) is 0.0767. The topological polar surface area (TPSA) is 165 Å². The number of ether oxygens (including phenoxy) is 4. The van der Waals surface area contributed by atoms with Crippen LogP contribution in [0.3, 0.4) is 0 Å². The van der Waals surface area contributed by atoms with E-state index in [1.54, 1.807) is 39.5 Å². The van der Waals surface area contributed by atoms with Crippen molar-refractivity contribution in [1.29, 1.82) is 0 Å². The summed E-state index contributed by atoms with van der Waals surface area (Å²) in [5.41, 5.74) is 5.97. The Hall–Kier alpha value is -4.05. The van der Waals surface area contributed by atoms with Crippen molar-refractivity contribution in [3.8, 4) is 11.3 Å². The average Bonchev–Trinajstić information content (AvgIpc) is 3.89. The van der Waals surface area contributed by atoms with Crippen molar-refractivity contribution in [2.24, 2.45) is 5.41 Å². The number of nitrogens with zero attached hydrogens (tertiary/aromatic N) is 4. The van der Waals surface area contributed by atoms with Crippen LogP contribution >= 0.6 is 27.3 Å². The molecular formula is C47H64BBrF2N6O9S. The molecule has 2 fully saturated rings. The van der Waals surface area contributed by atoms with Crippen LogP contribution in [-0.2, 0) is 50.8 Å². The third-order valence-corrected chi connectivity index (χ3v) is 13.9. The number of esters is 1. The van der Waals surface area contributed by atoms with Gasteiger partial charge >= 0.3 is 19.2 Å². The Balaban J connectivity index is 1.27. The molecule has 15 nitrogen and oxygen atoms in total. The van der Waals surface area contributed by atoms with E-state index in [1.165, 1.54) is 5.01 Å². The maximum absolute atomic E-state index is 14.4. The fraction of sp³-hybridized carbons (Fsp3) is 0.596. The van der Waals surface area contributed by atoms with Gasteiger partial charge in [-0.15, -0.1) is 11.3 Å². The third kappa shape index (κ3) is 12.2. The van der Waals surface area contributed by atoms with Gasteiger partial charge in [0.15, 0.2) is 0 Å². The van der Waals surface area contributed by atoms with E-state index < -0.39 is 78.5 Å². The van der Waals surface area contributed by atoms with Crippen LogP contribution in [0.5, 0.6) is 0 Å². The molecule has 6 rings (SSSR count). The number of amides is 2. The highest BCUT2D eigenvalue weighted by molar-refractivity contribution is 9.10. The van der Waals surface area contributed by atoms with Crippen molar-refractivity contribution < 1.29 is 51.4 Å². The fourth-order valence-electron chi connectivity index (χ4n) is 8.20. The predicted octanol–water partition coefficient (Wildman–Crippen LogP) is 8.47. The smallest absolute Gasteiger partial charge is 0.464 e. The summed E-state index contributed by atoms with van der Waals surface area (Å²) in [5.74, 6) is -1.33. The van der Waals surface area contributed by atoms with Gasteiger partial charge in [-0.1, -0.05) is 26.0 Å². The molecule has 2 saturated heterocycles. The Bertz CT molecular complexity index is 2390. The molecule has 4 aromatic rings. The largest absolute Gasteiger partial charge is 0.494 e. The van der Waals surface area contributed by atoms with Crippen LogP contribution in [0.2, 0.25) is 0 Å². The first-order valence-corrected chi connectivity index (χ1v) is 24.3. The number of hydrogen-bond acceptors (Lipinski definition) is 13. The second-order valence-corrected chi connectivity index (χ2v) is 21.5. The summed E-state index contributed by atoms with van der Waals surface area (Å²) in [6, 6.07) is 7.76. The van der Waals surface area contributed by atoms with Gasteiger partial charge in [0.2, 0.25) is 0 Å². The summed E-state index contributed by atoms with van der Waals surface area (Å²) in [7, 11) is 1.07. The number of rotatable bonds is 17. The monoisotopic (exact) mass is 1020 g/mol. The number of thiazole rings is 1. The Morgan fingerprint density at radius 1 is 1.10 bits per heavy atom. The highest BCUT2D eigenvalue weighted by atomic mass is 79.9.